The standard InChI is InChI=1S/C49H60N2O10/c1-50(22-10-6-8-12-45(52)53)24-20-34-29-41(58-4)43-31-37(34)38(50)26-32-14-17-36(18-15-32)60-42-28-33(16-19-40(42)57-3)27-39-47-35(30-44(59-5)48(56)49(47)61-43)21-25-51(39,2)23-11-7-9-13-46(54)55/h14-19,28-31,38-39H,6-13,20-27H2,1-5H3,(H-2,52,53,54,55,56). The summed E-state index contributed by atoms with van der Waals surface area (Å²) >= 11 is 0. The minimum absolute atomic E-state index is 0.0259. The molecule has 8 rings (SSSR count). The van der Waals surface area contributed by atoms with E-state index in [1.165, 1.54) is 5.56 Å². The Morgan fingerprint density at radius 1 is 0.656 bits per heavy atom. The first-order valence-corrected chi connectivity index (χ1v) is 21.7. The zero-order valence-corrected chi connectivity index (χ0v) is 36.3. The van der Waals surface area contributed by atoms with Gasteiger partial charge in [0, 0.05) is 43.2 Å². The number of ether oxygens (including phenoxy) is 5. The molecule has 4 heterocycles. The maximum Gasteiger partial charge on any atom is 0.201 e. The average Bonchev–Trinajstić information content (AvgIpc) is 3.23. The predicted octanol–water partition coefficient (Wildman–Crippen LogP) is 6.51. The largest absolute Gasteiger partial charge is 0.550 e. The summed E-state index contributed by atoms with van der Waals surface area (Å²) in [6.45, 7) is 3.36. The van der Waals surface area contributed by atoms with Crippen molar-refractivity contribution >= 4 is 11.9 Å². The number of quaternary nitrogens is 2. The van der Waals surface area contributed by atoms with Crippen molar-refractivity contribution in [3.63, 3.8) is 0 Å². The van der Waals surface area contributed by atoms with Crippen LogP contribution in [0.1, 0.15) is 96.8 Å². The Bertz CT molecular complexity index is 2220. The van der Waals surface area contributed by atoms with Gasteiger partial charge in [-0.05, 0) is 116 Å². The number of fused-ring (bicyclic) bond motifs is 2. The fourth-order valence-corrected chi connectivity index (χ4v) is 9.95. The molecule has 12 nitrogen and oxygen atoms in total. The number of hydrogen-bond donors (Lipinski definition) is 1. The molecule has 0 aliphatic carbocycles. The normalized spacial score (nSPS) is 21.5. The molecule has 0 aromatic heterocycles. The van der Waals surface area contributed by atoms with Crippen LogP contribution in [0.5, 0.6) is 46.0 Å². The van der Waals surface area contributed by atoms with Crippen LogP contribution in [0.2, 0.25) is 0 Å². The number of phenols is 1. The quantitative estimate of drug-likeness (QED) is 0.104. The topological polar surface area (TPSA) is 147 Å². The van der Waals surface area contributed by atoms with Crippen LogP contribution >= 0.6 is 0 Å². The van der Waals surface area contributed by atoms with Crippen molar-refractivity contribution in [3.8, 4) is 46.0 Å². The van der Waals surface area contributed by atoms with Gasteiger partial charge in [-0.2, -0.15) is 0 Å². The molecule has 4 atom stereocenters. The molecule has 4 aliphatic heterocycles. The Morgan fingerprint density at radius 2 is 1.21 bits per heavy atom. The first-order chi connectivity index (χ1) is 29.3. The van der Waals surface area contributed by atoms with Crippen LogP contribution in [0.25, 0.3) is 0 Å². The summed E-state index contributed by atoms with van der Waals surface area (Å²) in [5.41, 5.74) is 6.40. The molecule has 0 fully saturated rings. The van der Waals surface area contributed by atoms with Gasteiger partial charge in [-0.25, -0.2) is 0 Å². The number of carboxylic acids is 2. The van der Waals surface area contributed by atoms with E-state index in [0.717, 1.165) is 97.0 Å². The van der Waals surface area contributed by atoms with E-state index in [2.05, 4.69) is 44.4 Å². The number of benzene rings is 4. The Labute approximate surface area is 359 Å². The third-order valence-electron chi connectivity index (χ3n) is 13.5. The molecule has 6 bridgehead atoms. The molecule has 4 aromatic rings. The van der Waals surface area contributed by atoms with Gasteiger partial charge in [-0.3, -0.25) is 0 Å². The fourth-order valence-electron chi connectivity index (χ4n) is 9.95. The number of rotatable bonds is 15. The van der Waals surface area contributed by atoms with Gasteiger partial charge in [0.1, 0.15) is 17.8 Å². The molecular formula is C49H60N2O10. The minimum Gasteiger partial charge on any atom is -0.550 e. The minimum atomic E-state index is -1.03. The number of carboxylic acid groups (broad SMARTS) is 2. The molecule has 61 heavy (non-hydrogen) atoms. The van der Waals surface area contributed by atoms with Gasteiger partial charge in [-0.15, -0.1) is 0 Å². The van der Waals surface area contributed by atoms with Crippen LogP contribution < -0.4 is 33.9 Å². The Kier molecular flexibility index (Phi) is 13.3. The summed E-state index contributed by atoms with van der Waals surface area (Å²) in [5, 5.41) is 34.6. The zero-order valence-electron chi connectivity index (χ0n) is 36.3. The van der Waals surface area contributed by atoms with Gasteiger partial charge in [-0.1, -0.05) is 18.2 Å². The van der Waals surface area contributed by atoms with Crippen LogP contribution in [0.15, 0.2) is 60.7 Å². The highest BCUT2D eigenvalue weighted by Gasteiger charge is 2.44. The second-order valence-electron chi connectivity index (χ2n) is 17.5. The van der Waals surface area contributed by atoms with Crippen molar-refractivity contribution in [2.75, 3.05) is 61.6 Å². The molecule has 4 aliphatic rings. The summed E-state index contributed by atoms with van der Waals surface area (Å²) in [7, 11) is 9.37. The van der Waals surface area contributed by atoms with Gasteiger partial charge in [0.25, 0.3) is 0 Å². The molecule has 4 unspecified atom stereocenters. The number of phenolic OH excluding ortho intramolecular Hbond substituents is 1. The number of methoxy groups -OCH3 is 3. The monoisotopic (exact) mass is 836 g/mol. The molecule has 0 radical (unpaired) electrons. The molecule has 0 spiro atoms. The van der Waals surface area contributed by atoms with Crippen molar-refractivity contribution in [1.82, 2.24) is 0 Å². The van der Waals surface area contributed by atoms with E-state index in [4.69, 9.17) is 23.7 Å². The zero-order chi connectivity index (χ0) is 43.3. The number of nitrogens with zero attached hydrogens (tertiary/aromatic N) is 2. The van der Waals surface area contributed by atoms with Crippen molar-refractivity contribution in [2.45, 2.75) is 89.1 Å². The summed E-state index contributed by atoms with van der Waals surface area (Å²) in [4.78, 5) is 22.4. The number of carbonyl (C=O) groups excluding carboxylic acids is 2. The molecule has 4 aromatic carbocycles. The number of carbonyl (C=O) groups is 2. The maximum atomic E-state index is 12.2. The lowest BCUT2D eigenvalue weighted by molar-refractivity contribution is -0.941. The fraction of sp³-hybridized carbons (Fsp3) is 0.469. The predicted molar refractivity (Wildman–Crippen MR) is 226 cm³/mol. The first kappa shape index (κ1) is 43.6. The highest BCUT2D eigenvalue weighted by Crippen LogP contribution is 2.53. The average molecular weight is 837 g/mol. The van der Waals surface area contributed by atoms with Crippen molar-refractivity contribution in [3.05, 3.63) is 94.0 Å². The van der Waals surface area contributed by atoms with Crippen LogP contribution in [0.3, 0.4) is 0 Å². The second kappa shape index (κ2) is 18.7. The molecular weight excluding hydrogens is 777 g/mol. The molecule has 0 amide bonds. The number of likely N-dealkylation sites (N-methyl/N-ethyl adjacent to an activating group) is 2. The van der Waals surface area contributed by atoms with E-state index >= 15 is 0 Å². The van der Waals surface area contributed by atoms with E-state index in [-0.39, 0.29) is 30.7 Å². The summed E-state index contributed by atoms with van der Waals surface area (Å²) in [6, 6.07) is 20.2. The SMILES string of the molecule is COc1ccc2cc1Oc1ccc(cc1)CC1c3cc(c(OC)cc3CC[N+]1(C)CCCCCC(=O)[O-])Oc1c(O)c(OC)cc3c1C(C2)[N+](C)(CCCCCC(=O)[O-])CC3. The van der Waals surface area contributed by atoms with E-state index in [1.807, 2.05) is 30.3 Å². The third kappa shape index (κ3) is 9.55. The Hall–Kier alpha value is -5.46. The number of unbranched alkanes of at least 4 members (excludes halogenated alkanes) is 4. The maximum absolute atomic E-state index is 12.2. The molecule has 0 saturated carbocycles. The lowest BCUT2D eigenvalue weighted by Gasteiger charge is -2.47. The summed E-state index contributed by atoms with van der Waals surface area (Å²) < 4.78 is 32.7. The molecule has 12 heteroatoms. The summed E-state index contributed by atoms with van der Waals surface area (Å²) in [5.74, 6) is 1.48. The second-order valence-corrected chi connectivity index (χ2v) is 17.5. The lowest BCUT2D eigenvalue weighted by atomic mass is 9.84. The van der Waals surface area contributed by atoms with Crippen molar-refractivity contribution < 1.29 is 57.6 Å². The first-order valence-electron chi connectivity index (χ1n) is 21.7. The van der Waals surface area contributed by atoms with Gasteiger partial charge < -0.3 is 57.6 Å². The highest BCUT2D eigenvalue weighted by molar-refractivity contribution is 5.64. The van der Waals surface area contributed by atoms with E-state index in [0.29, 0.717) is 70.4 Å². The molecule has 1 N–H and O–H groups in total. The van der Waals surface area contributed by atoms with Gasteiger partial charge >= 0.3 is 0 Å². The third-order valence-corrected chi connectivity index (χ3v) is 13.5. The van der Waals surface area contributed by atoms with Crippen LogP contribution in [0.4, 0.5) is 0 Å². The Morgan fingerprint density at radius 3 is 1.84 bits per heavy atom. The van der Waals surface area contributed by atoms with Gasteiger partial charge in [0.2, 0.25) is 5.75 Å². The molecule has 326 valence electrons. The highest BCUT2D eigenvalue weighted by atomic mass is 16.5. The number of aliphatic carboxylic acids is 2. The van der Waals surface area contributed by atoms with E-state index < -0.39 is 11.9 Å². The van der Waals surface area contributed by atoms with E-state index in [9.17, 15) is 24.9 Å². The van der Waals surface area contributed by atoms with E-state index in [1.54, 1.807) is 21.3 Å². The van der Waals surface area contributed by atoms with Crippen LogP contribution in [-0.2, 0) is 35.3 Å². The van der Waals surface area contributed by atoms with Crippen LogP contribution in [0, 0.1) is 0 Å². The van der Waals surface area contributed by atoms with Crippen molar-refractivity contribution in [1.29, 1.82) is 0 Å². The number of aromatic hydroxyl groups is 1. The van der Waals surface area contributed by atoms with Crippen molar-refractivity contribution in [2.24, 2.45) is 0 Å². The van der Waals surface area contributed by atoms with Gasteiger partial charge in [0.05, 0.1) is 67.2 Å². The molecule has 0 saturated heterocycles. The Balaban J connectivity index is 1.39. The smallest absolute Gasteiger partial charge is 0.201 e. The number of hydrogen-bond acceptors (Lipinski definition) is 10. The van der Waals surface area contributed by atoms with Crippen LogP contribution in [-0.4, -0.2) is 87.6 Å². The van der Waals surface area contributed by atoms with Gasteiger partial charge in [0.15, 0.2) is 34.5 Å². The summed E-state index contributed by atoms with van der Waals surface area (Å²) in [6.07, 6.45) is 7.32. The lowest BCUT2D eigenvalue weighted by Crippen LogP contribution is -2.52.